The van der Waals surface area contributed by atoms with Gasteiger partial charge in [-0.15, -0.1) is 0 Å². The van der Waals surface area contributed by atoms with Gasteiger partial charge < -0.3 is 14.6 Å². The van der Waals surface area contributed by atoms with E-state index in [0.29, 0.717) is 0 Å². The second-order valence-corrected chi connectivity index (χ2v) is 6.92. The number of aliphatic hydroxyl groups excluding tert-OH is 1. The summed E-state index contributed by atoms with van der Waals surface area (Å²) < 4.78 is 50.0. The maximum atomic E-state index is 13.5. The molecule has 1 unspecified atom stereocenters. The minimum absolute atomic E-state index is 0.0811. The van der Waals surface area contributed by atoms with Crippen LogP contribution in [0.25, 0.3) is 0 Å². The number of pyridine rings is 1. The van der Waals surface area contributed by atoms with Crippen LogP contribution in [0.2, 0.25) is 0 Å². The summed E-state index contributed by atoms with van der Waals surface area (Å²) in [4.78, 5) is 23.2. The SMILES string of the molecule is COc1cc(OC)nc(NC(=O)NS(=O)(=O)c2cccnc2CC(F)CO)n1. The molecule has 13 heteroatoms. The van der Waals surface area contributed by atoms with Crippen LogP contribution in [0.5, 0.6) is 11.8 Å². The number of hydrogen-bond donors (Lipinski definition) is 3. The zero-order valence-corrected chi connectivity index (χ0v) is 15.7. The number of amides is 2. The van der Waals surface area contributed by atoms with Gasteiger partial charge in [0.05, 0.1) is 32.6 Å². The number of ether oxygens (including phenoxy) is 2. The third-order valence-corrected chi connectivity index (χ3v) is 4.71. The molecule has 2 rings (SSSR count). The first-order valence-electron chi connectivity index (χ1n) is 7.78. The number of nitrogens with zero attached hydrogens (tertiary/aromatic N) is 3. The number of urea groups is 1. The Balaban J connectivity index is 2.20. The first kappa shape index (κ1) is 21.2. The molecule has 11 nitrogen and oxygen atoms in total. The maximum absolute atomic E-state index is 13.5. The molecule has 0 radical (unpaired) electrons. The predicted molar refractivity (Wildman–Crippen MR) is 94.4 cm³/mol. The van der Waals surface area contributed by atoms with Crippen molar-refractivity contribution in [3.63, 3.8) is 0 Å². The van der Waals surface area contributed by atoms with Crippen molar-refractivity contribution in [3.05, 3.63) is 30.1 Å². The van der Waals surface area contributed by atoms with E-state index in [9.17, 15) is 17.6 Å². The number of alkyl halides is 1. The van der Waals surface area contributed by atoms with Gasteiger partial charge >= 0.3 is 6.03 Å². The standard InChI is InChI=1S/C15H18FN5O6S/c1-26-12-7-13(27-2)19-14(18-12)20-15(23)21-28(24,25)11-4-3-5-17-10(11)6-9(16)8-22/h3-5,7,9,22H,6,8H2,1-2H3,(H2,18,19,20,21,23). The molecule has 2 heterocycles. The van der Waals surface area contributed by atoms with Crippen LogP contribution in [0.15, 0.2) is 29.3 Å². The van der Waals surface area contributed by atoms with E-state index in [2.05, 4.69) is 20.3 Å². The predicted octanol–water partition coefficient (Wildman–Crippen LogP) is 0.272. The van der Waals surface area contributed by atoms with Crippen molar-refractivity contribution in [3.8, 4) is 11.8 Å². The Hall–Kier alpha value is -3.06. The number of carbonyl (C=O) groups is 1. The highest BCUT2D eigenvalue weighted by Gasteiger charge is 2.24. The van der Waals surface area contributed by atoms with E-state index in [0.717, 1.165) is 6.07 Å². The van der Waals surface area contributed by atoms with E-state index in [1.165, 1.54) is 32.5 Å². The molecule has 0 aliphatic rings. The van der Waals surface area contributed by atoms with Crippen LogP contribution < -0.4 is 19.5 Å². The van der Waals surface area contributed by atoms with Crippen molar-refractivity contribution in [1.29, 1.82) is 0 Å². The number of methoxy groups -OCH3 is 2. The third kappa shape index (κ3) is 5.47. The summed E-state index contributed by atoms with van der Waals surface area (Å²) in [6.07, 6.45) is -0.865. The van der Waals surface area contributed by atoms with Crippen LogP contribution in [0.4, 0.5) is 15.1 Å². The number of sulfonamides is 1. The smallest absolute Gasteiger partial charge is 0.335 e. The van der Waals surface area contributed by atoms with Gasteiger partial charge in [-0.25, -0.2) is 22.3 Å². The second-order valence-electron chi connectivity index (χ2n) is 5.27. The number of carbonyl (C=O) groups excluding carboxylic acids is 1. The lowest BCUT2D eigenvalue weighted by Crippen LogP contribution is -2.35. The molecule has 0 saturated carbocycles. The molecule has 2 amide bonds. The fourth-order valence-electron chi connectivity index (χ4n) is 2.07. The minimum Gasteiger partial charge on any atom is -0.481 e. The Kier molecular flexibility index (Phi) is 7.00. The average molecular weight is 415 g/mol. The van der Waals surface area contributed by atoms with E-state index < -0.39 is 40.1 Å². The van der Waals surface area contributed by atoms with Gasteiger partial charge in [0.25, 0.3) is 10.0 Å². The highest BCUT2D eigenvalue weighted by Crippen LogP contribution is 2.18. The first-order valence-corrected chi connectivity index (χ1v) is 9.27. The average Bonchev–Trinajstić information content (AvgIpc) is 2.67. The van der Waals surface area contributed by atoms with Crippen LogP contribution in [-0.2, 0) is 16.4 Å². The van der Waals surface area contributed by atoms with E-state index in [1.807, 2.05) is 0 Å². The number of hydrogen-bond acceptors (Lipinski definition) is 9. The lowest BCUT2D eigenvalue weighted by Gasteiger charge is -2.12. The summed E-state index contributed by atoms with van der Waals surface area (Å²) in [5.74, 6) is -0.102. The van der Waals surface area contributed by atoms with E-state index >= 15 is 0 Å². The molecule has 2 aromatic rings. The fourth-order valence-corrected chi connectivity index (χ4v) is 3.18. The number of aromatic nitrogens is 3. The van der Waals surface area contributed by atoms with Crippen LogP contribution >= 0.6 is 0 Å². The Morgan fingerprint density at radius 2 is 1.93 bits per heavy atom. The number of anilines is 1. The fraction of sp³-hybridized carbons (Fsp3) is 0.333. The second kappa shape index (κ2) is 9.23. The highest BCUT2D eigenvalue weighted by molar-refractivity contribution is 7.90. The van der Waals surface area contributed by atoms with Gasteiger partial charge in [-0.2, -0.15) is 9.97 Å². The van der Waals surface area contributed by atoms with Crippen molar-refractivity contribution in [2.45, 2.75) is 17.5 Å². The molecule has 2 aromatic heterocycles. The highest BCUT2D eigenvalue weighted by atomic mass is 32.2. The van der Waals surface area contributed by atoms with Gasteiger partial charge in [0, 0.05) is 12.6 Å². The first-order chi connectivity index (χ1) is 13.3. The van der Waals surface area contributed by atoms with Gasteiger partial charge in [0.2, 0.25) is 17.7 Å². The molecule has 0 aromatic carbocycles. The van der Waals surface area contributed by atoms with E-state index in [-0.39, 0.29) is 23.4 Å². The lowest BCUT2D eigenvalue weighted by atomic mass is 10.2. The molecule has 0 fully saturated rings. The van der Waals surface area contributed by atoms with E-state index in [1.54, 1.807) is 4.72 Å². The molecule has 28 heavy (non-hydrogen) atoms. The van der Waals surface area contributed by atoms with Crippen LogP contribution in [0, 0.1) is 0 Å². The molecule has 0 spiro atoms. The Labute approximate surface area is 160 Å². The van der Waals surface area contributed by atoms with Gasteiger partial charge in [-0.05, 0) is 12.1 Å². The molecular formula is C15H18FN5O6S. The molecule has 0 bridgehead atoms. The van der Waals surface area contributed by atoms with E-state index in [4.69, 9.17) is 14.6 Å². The number of nitrogens with one attached hydrogen (secondary N) is 2. The zero-order valence-electron chi connectivity index (χ0n) is 14.9. The van der Waals surface area contributed by atoms with Crippen LogP contribution in [0.3, 0.4) is 0 Å². The quantitative estimate of drug-likeness (QED) is 0.551. The summed E-state index contributed by atoms with van der Waals surface area (Å²) in [7, 11) is -1.71. The van der Waals surface area contributed by atoms with Crippen molar-refractivity contribution in [2.75, 3.05) is 26.1 Å². The summed E-state index contributed by atoms with van der Waals surface area (Å²) >= 11 is 0. The zero-order chi connectivity index (χ0) is 20.7. The Morgan fingerprint density at radius 3 is 2.50 bits per heavy atom. The minimum atomic E-state index is -4.39. The van der Waals surface area contributed by atoms with Crippen molar-refractivity contribution in [2.24, 2.45) is 0 Å². The van der Waals surface area contributed by atoms with Crippen molar-refractivity contribution < 1.29 is 32.2 Å². The van der Waals surface area contributed by atoms with Crippen molar-refractivity contribution in [1.82, 2.24) is 19.7 Å². The number of halogens is 1. The van der Waals surface area contributed by atoms with Gasteiger partial charge in [0.15, 0.2) is 0 Å². The van der Waals surface area contributed by atoms with Gasteiger partial charge in [-0.1, -0.05) is 0 Å². The van der Waals surface area contributed by atoms with Gasteiger partial charge in [0.1, 0.15) is 11.1 Å². The van der Waals surface area contributed by atoms with Crippen molar-refractivity contribution >= 4 is 22.0 Å². The molecule has 0 saturated heterocycles. The summed E-state index contributed by atoms with van der Waals surface area (Å²) in [5.41, 5.74) is -0.136. The molecule has 3 N–H and O–H groups in total. The molecule has 1 atom stereocenters. The molecular weight excluding hydrogens is 397 g/mol. The molecule has 152 valence electrons. The summed E-state index contributed by atoms with van der Waals surface area (Å²) in [6, 6.07) is 2.67. The number of rotatable bonds is 8. The lowest BCUT2D eigenvalue weighted by molar-refractivity contribution is 0.176. The topological polar surface area (TPSA) is 153 Å². The monoisotopic (exact) mass is 415 g/mol. The van der Waals surface area contributed by atoms with Gasteiger partial charge in [-0.3, -0.25) is 10.3 Å². The largest absolute Gasteiger partial charge is 0.481 e. The Morgan fingerprint density at radius 1 is 1.29 bits per heavy atom. The molecule has 0 aliphatic carbocycles. The number of aliphatic hydroxyl groups is 1. The summed E-state index contributed by atoms with van der Waals surface area (Å²) in [6.45, 7) is -0.793. The molecule has 0 aliphatic heterocycles. The Bertz CT molecular complexity index is 920. The third-order valence-electron chi connectivity index (χ3n) is 3.30. The maximum Gasteiger partial charge on any atom is 0.335 e. The summed E-state index contributed by atoms with van der Waals surface area (Å²) in [5, 5.41) is 11.0. The normalized spacial score (nSPS) is 12.1. The van der Waals surface area contributed by atoms with Crippen LogP contribution in [0.1, 0.15) is 5.69 Å². The van der Waals surface area contributed by atoms with Crippen LogP contribution in [-0.4, -0.2) is 61.5 Å².